The Bertz CT molecular complexity index is 585. The quantitative estimate of drug-likeness (QED) is 0.862. The molecule has 6 heteroatoms. The lowest BCUT2D eigenvalue weighted by Crippen LogP contribution is -2.44. The van der Waals surface area contributed by atoms with E-state index >= 15 is 0 Å². The molecule has 1 aliphatic carbocycles. The third-order valence-electron chi connectivity index (χ3n) is 4.14. The number of rotatable bonds is 2. The number of aryl methyl sites for hydroxylation is 1. The van der Waals surface area contributed by atoms with Crippen LogP contribution >= 0.6 is 0 Å². The van der Waals surface area contributed by atoms with Crippen LogP contribution in [0.15, 0.2) is 9.59 Å². The summed E-state index contributed by atoms with van der Waals surface area (Å²) in [6, 6.07) is 0.221. The summed E-state index contributed by atoms with van der Waals surface area (Å²) in [5.74, 6) is 0.268. The van der Waals surface area contributed by atoms with Crippen LogP contribution in [-0.2, 0) is 14.1 Å². The number of hydrogen-bond donors (Lipinski definition) is 1. The monoisotopic (exact) mass is 266 g/mol. The number of hydrogen-bond acceptors (Lipinski definition) is 4. The van der Waals surface area contributed by atoms with E-state index in [0.717, 1.165) is 23.8 Å². The topological polar surface area (TPSA) is 68.9 Å². The third kappa shape index (κ3) is 2.57. The van der Waals surface area contributed by atoms with Gasteiger partial charge in [0.05, 0.1) is 0 Å². The van der Waals surface area contributed by atoms with Crippen LogP contribution in [0.4, 0.5) is 5.82 Å². The first-order chi connectivity index (χ1) is 8.83. The molecule has 1 saturated carbocycles. The van der Waals surface area contributed by atoms with Gasteiger partial charge in [0, 0.05) is 20.1 Å². The van der Waals surface area contributed by atoms with Gasteiger partial charge in [0.1, 0.15) is 0 Å². The summed E-state index contributed by atoms with van der Waals surface area (Å²) in [5, 5.41) is 7.30. The average molecular weight is 266 g/mol. The second-order valence-corrected chi connectivity index (χ2v) is 6.05. The third-order valence-corrected chi connectivity index (χ3v) is 4.14. The zero-order valence-corrected chi connectivity index (χ0v) is 12.1. The van der Waals surface area contributed by atoms with E-state index in [-0.39, 0.29) is 22.8 Å². The Balaban J connectivity index is 2.34. The second-order valence-electron chi connectivity index (χ2n) is 6.05. The zero-order chi connectivity index (χ0) is 14.2. The lowest BCUT2D eigenvalue weighted by Gasteiger charge is -2.39. The Labute approximate surface area is 112 Å². The van der Waals surface area contributed by atoms with Crippen LogP contribution < -0.4 is 16.6 Å². The minimum absolute atomic E-state index is 0.139. The van der Waals surface area contributed by atoms with Crippen molar-refractivity contribution in [2.45, 2.75) is 45.6 Å². The van der Waals surface area contributed by atoms with Crippen LogP contribution in [0.25, 0.3) is 0 Å². The summed E-state index contributed by atoms with van der Waals surface area (Å²) in [5.41, 5.74) is -0.623. The summed E-state index contributed by atoms with van der Waals surface area (Å²) in [6.07, 6.45) is 4.55. The molecule has 1 aliphatic rings. The van der Waals surface area contributed by atoms with E-state index in [1.807, 2.05) is 0 Å². The minimum atomic E-state index is -0.404. The number of anilines is 1. The fraction of sp³-hybridized carbons (Fsp3) is 0.769. The summed E-state index contributed by atoms with van der Waals surface area (Å²) >= 11 is 0. The van der Waals surface area contributed by atoms with Crippen molar-refractivity contribution in [3.05, 3.63) is 20.8 Å². The van der Waals surface area contributed by atoms with E-state index in [2.05, 4.69) is 24.3 Å². The number of nitrogens with one attached hydrogen (secondary N) is 1. The molecule has 19 heavy (non-hydrogen) atoms. The van der Waals surface area contributed by atoms with Gasteiger partial charge in [0.25, 0.3) is 5.56 Å². The van der Waals surface area contributed by atoms with Crippen molar-refractivity contribution in [3.63, 3.8) is 0 Å². The molecule has 106 valence electrons. The van der Waals surface area contributed by atoms with Crippen LogP contribution in [0.2, 0.25) is 0 Å². The highest BCUT2D eigenvalue weighted by Crippen LogP contribution is 2.36. The first-order valence-electron chi connectivity index (χ1n) is 6.74. The largest absolute Gasteiger partial charge is 0.361 e. The first kappa shape index (κ1) is 13.8. The molecule has 1 fully saturated rings. The van der Waals surface area contributed by atoms with Gasteiger partial charge < -0.3 is 5.32 Å². The molecule has 1 unspecified atom stereocenters. The lowest BCUT2D eigenvalue weighted by atomic mass is 9.73. The number of aromatic nitrogens is 3. The molecule has 1 aromatic heterocycles. The van der Waals surface area contributed by atoms with Crippen molar-refractivity contribution < 1.29 is 0 Å². The van der Waals surface area contributed by atoms with E-state index in [4.69, 9.17) is 0 Å². The van der Waals surface area contributed by atoms with Crippen molar-refractivity contribution in [2.24, 2.45) is 19.5 Å². The van der Waals surface area contributed by atoms with Gasteiger partial charge >= 0.3 is 5.69 Å². The summed E-state index contributed by atoms with van der Waals surface area (Å²) < 4.78 is 2.28. The Hall–Kier alpha value is -1.59. The van der Waals surface area contributed by atoms with E-state index in [9.17, 15) is 9.59 Å². The zero-order valence-electron chi connectivity index (χ0n) is 12.1. The highest BCUT2D eigenvalue weighted by atomic mass is 16.2. The molecule has 2 rings (SSSR count). The van der Waals surface area contributed by atoms with Crippen LogP contribution in [0.3, 0.4) is 0 Å². The Morgan fingerprint density at radius 2 is 1.95 bits per heavy atom. The number of nitrogens with zero attached hydrogens (tertiary/aromatic N) is 3. The van der Waals surface area contributed by atoms with Gasteiger partial charge in [0.2, 0.25) is 5.82 Å². The van der Waals surface area contributed by atoms with Gasteiger partial charge in [-0.15, -0.1) is 5.10 Å². The molecular weight excluding hydrogens is 244 g/mol. The van der Waals surface area contributed by atoms with E-state index in [1.165, 1.54) is 18.2 Å². The molecule has 0 bridgehead atoms. The summed E-state index contributed by atoms with van der Waals surface area (Å²) in [4.78, 5) is 23.6. The SMILES string of the molecule is Cn1nc(NC2CCCCC2(C)C)c(=O)n(C)c1=O. The molecule has 0 amide bonds. The molecule has 1 aromatic rings. The van der Waals surface area contributed by atoms with Gasteiger partial charge in [-0.25, -0.2) is 9.48 Å². The minimum Gasteiger partial charge on any atom is -0.361 e. The molecular formula is C13H22N4O2. The fourth-order valence-electron chi connectivity index (χ4n) is 2.72. The van der Waals surface area contributed by atoms with Crippen LogP contribution in [0, 0.1) is 5.41 Å². The Morgan fingerprint density at radius 3 is 2.58 bits per heavy atom. The van der Waals surface area contributed by atoms with Crippen molar-refractivity contribution in [1.82, 2.24) is 14.3 Å². The maximum Gasteiger partial charge on any atom is 0.346 e. The van der Waals surface area contributed by atoms with Crippen LogP contribution in [0.5, 0.6) is 0 Å². The van der Waals surface area contributed by atoms with E-state index in [1.54, 1.807) is 7.05 Å². The summed E-state index contributed by atoms with van der Waals surface area (Å²) in [7, 11) is 3.03. The molecule has 0 radical (unpaired) electrons. The Morgan fingerprint density at radius 1 is 1.26 bits per heavy atom. The maximum atomic E-state index is 12.1. The standard InChI is InChI=1S/C13H22N4O2/c1-13(2)8-6-5-7-9(13)14-10-11(18)16(3)12(19)17(4)15-10/h9H,5-8H2,1-4H3,(H,14,15). The summed E-state index contributed by atoms with van der Waals surface area (Å²) in [6.45, 7) is 4.41. The first-order valence-corrected chi connectivity index (χ1v) is 6.74. The van der Waals surface area contributed by atoms with E-state index < -0.39 is 5.69 Å². The maximum absolute atomic E-state index is 12.1. The predicted octanol–water partition coefficient (Wildman–Crippen LogP) is 0.860. The normalized spacial score (nSPS) is 22.2. The molecule has 0 spiro atoms. The van der Waals surface area contributed by atoms with Crippen molar-refractivity contribution in [1.29, 1.82) is 0 Å². The highest BCUT2D eigenvalue weighted by Gasteiger charge is 2.33. The lowest BCUT2D eigenvalue weighted by molar-refractivity contribution is 0.216. The molecule has 0 aliphatic heterocycles. The van der Waals surface area contributed by atoms with Gasteiger partial charge in [-0.1, -0.05) is 26.7 Å². The molecule has 1 heterocycles. The van der Waals surface area contributed by atoms with Gasteiger partial charge in [-0.2, -0.15) is 0 Å². The second kappa shape index (κ2) is 4.83. The van der Waals surface area contributed by atoms with Gasteiger partial charge in [0.15, 0.2) is 0 Å². The van der Waals surface area contributed by atoms with Crippen LogP contribution in [0.1, 0.15) is 39.5 Å². The molecule has 1 N–H and O–H groups in total. The predicted molar refractivity (Wildman–Crippen MR) is 74.4 cm³/mol. The Kier molecular flexibility index (Phi) is 3.52. The van der Waals surface area contributed by atoms with Crippen LogP contribution in [-0.4, -0.2) is 20.4 Å². The molecule has 0 saturated heterocycles. The molecule has 1 atom stereocenters. The van der Waals surface area contributed by atoms with E-state index in [0.29, 0.717) is 0 Å². The highest BCUT2D eigenvalue weighted by molar-refractivity contribution is 5.32. The van der Waals surface area contributed by atoms with Crippen molar-refractivity contribution in [2.75, 3.05) is 5.32 Å². The van der Waals surface area contributed by atoms with Gasteiger partial charge in [-0.3, -0.25) is 9.36 Å². The smallest absolute Gasteiger partial charge is 0.346 e. The van der Waals surface area contributed by atoms with Crippen molar-refractivity contribution in [3.8, 4) is 0 Å². The average Bonchev–Trinajstić information content (AvgIpc) is 2.35. The molecule has 0 aromatic carbocycles. The van der Waals surface area contributed by atoms with Gasteiger partial charge in [-0.05, 0) is 18.3 Å². The fourth-order valence-corrected chi connectivity index (χ4v) is 2.72. The van der Waals surface area contributed by atoms with Crippen molar-refractivity contribution >= 4 is 5.82 Å². The molecule has 6 nitrogen and oxygen atoms in total.